The maximum atomic E-state index is 11.8. The molecule has 2 aromatic rings. The standard InChI is InChI=1S/C13H14N2O4S/c1-9(15-13(16)11-6-7-19-8-11)10-2-4-12(5-3-10)20(14,17)18/h2-9H,1H3,(H,15,16)(H2,14,17,18)/t9-/m0/s1. The Labute approximate surface area is 116 Å². The molecule has 7 heteroatoms. The van der Waals surface area contributed by atoms with Gasteiger partial charge in [-0.2, -0.15) is 0 Å². The number of rotatable bonds is 4. The van der Waals surface area contributed by atoms with E-state index in [9.17, 15) is 13.2 Å². The van der Waals surface area contributed by atoms with E-state index in [0.29, 0.717) is 5.56 Å². The zero-order valence-corrected chi connectivity index (χ0v) is 11.6. The molecule has 0 aliphatic rings. The minimum absolute atomic E-state index is 0.0367. The normalized spacial score (nSPS) is 12.9. The first kappa shape index (κ1) is 14.3. The van der Waals surface area contributed by atoms with Crippen LogP contribution in [0.3, 0.4) is 0 Å². The fourth-order valence-electron chi connectivity index (χ4n) is 1.70. The first-order valence-electron chi connectivity index (χ1n) is 5.84. The Morgan fingerprint density at radius 3 is 2.40 bits per heavy atom. The summed E-state index contributed by atoms with van der Waals surface area (Å²) in [5.74, 6) is -0.262. The summed E-state index contributed by atoms with van der Waals surface area (Å²) in [7, 11) is -3.70. The molecule has 0 saturated carbocycles. The van der Waals surface area contributed by atoms with E-state index in [-0.39, 0.29) is 16.8 Å². The van der Waals surface area contributed by atoms with Gasteiger partial charge in [0.15, 0.2) is 0 Å². The second kappa shape index (κ2) is 5.48. The van der Waals surface area contributed by atoms with Gasteiger partial charge in [-0.3, -0.25) is 4.79 Å². The Bertz CT molecular complexity index is 690. The lowest BCUT2D eigenvalue weighted by Crippen LogP contribution is -2.26. The van der Waals surface area contributed by atoms with Crippen LogP contribution in [0.5, 0.6) is 0 Å². The number of furan rings is 1. The molecule has 0 bridgehead atoms. The molecule has 20 heavy (non-hydrogen) atoms. The number of hydrogen-bond acceptors (Lipinski definition) is 4. The molecule has 0 radical (unpaired) electrons. The first-order chi connectivity index (χ1) is 9.38. The second-order valence-electron chi connectivity index (χ2n) is 4.32. The predicted molar refractivity (Wildman–Crippen MR) is 72.4 cm³/mol. The molecular formula is C13H14N2O4S. The van der Waals surface area contributed by atoms with Gasteiger partial charge in [0.2, 0.25) is 10.0 Å². The van der Waals surface area contributed by atoms with Crippen molar-refractivity contribution in [3.63, 3.8) is 0 Å². The van der Waals surface area contributed by atoms with Gasteiger partial charge in [0.25, 0.3) is 5.91 Å². The lowest BCUT2D eigenvalue weighted by molar-refractivity contribution is 0.0939. The molecule has 0 saturated heterocycles. The molecule has 0 fully saturated rings. The van der Waals surface area contributed by atoms with E-state index in [2.05, 4.69) is 5.32 Å². The van der Waals surface area contributed by atoms with Gasteiger partial charge in [0.05, 0.1) is 22.8 Å². The summed E-state index contributed by atoms with van der Waals surface area (Å²) in [6.07, 6.45) is 2.77. The summed E-state index contributed by atoms with van der Waals surface area (Å²) in [6, 6.07) is 7.33. The Hall–Kier alpha value is -2.12. The van der Waals surface area contributed by atoms with E-state index in [4.69, 9.17) is 9.56 Å². The van der Waals surface area contributed by atoms with Crippen molar-refractivity contribution in [3.05, 3.63) is 54.0 Å². The number of carbonyl (C=O) groups is 1. The van der Waals surface area contributed by atoms with Gasteiger partial charge in [0, 0.05) is 0 Å². The molecule has 3 N–H and O–H groups in total. The number of carbonyl (C=O) groups excluding carboxylic acids is 1. The number of primary sulfonamides is 1. The third kappa shape index (κ3) is 3.25. The quantitative estimate of drug-likeness (QED) is 0.890. The molecule has 1 heterocycles. The third-order valence-corrected chi connectivity index (χ3v) is 3.77. The van der Waals surface area contributed by atoms with E-state index in [1.165, 1.54) is 24.7 Å². The number of sulfonamides is 1. The van der Waals surface area contributed by atoms with Gasteiger partial charge in [-0.15, -0.1) is 0 Å². The van der Waals surface area contributed by atoms with Crippen LogP contribution in [0.1, 0.15) is 28.9 Å². The summed E-state index contributed by atoms with van der Waals surface area (Å²) >= 11 is 0. The molecule has 0 unspecified atom stereocenters. The fourth-order valence-corrected chi connectivity index (χ4v) is 2.22. The Balaban J connectivity index is 2.10. The van der Waals surface area contributed by atoms with Gasteiger partial charge in [-0.05, 0) is 30.7 Å². The van der Waals surface area contributed by atoms with E-state index >= 15 is 0 Å². The lowest BCUT2D eigenvalue weighted by Gasteiger charge is -2.14. The molecule has 1 aromatic carbocycles. The first-order valence-corrected chi connectivity index (χ1v) is 7.38. The highest BCUT2D eigenvalue weighted by Crippen LogP contribution is 2.16. The molecule has 1 amide bonds. The average Bonchev–Trinajstić information content (AvgIpc) is 2.91. The van der Waals surface area contributed by atoms with Crippen molar-refractivity contribution >= 4 is 15.9 Å². The summed E-state index contributed by atoms with van der Waals surface area (Å²) in [5.41, 5.74) is 1.20. The van der Waals surface area contributed by atoms with Crippen LogP contribution in [0.15, 0.2) is 52.2 Å². The zero-order valence-electron chi connectivity index (χ0n) is 10.7. The highest BCUT2D eigenvalue weighted by atomic mass is 32.2. The zero-order chi connectivity index (χ0) is 14.8. The summed E-state index contributed by atoms with van der Waals surface area (Å²) in [5, 5.41) is 7.80. The van der Waals surface area contributed by atoms with Gasteiger partial charge < -0.3 is 9.73 Å². The molecule has 2 rings (SSSR count). The maximum absolute atomic E-state index is 11.8. The summed E-state index contributed by atoms with van der Waals surface area (Å²) in [4.78, 5) is 11.9. The Morgan fingerprint density at radius 1 is 1.25 bits per heavy atom. The van der Waals surface area contributed by atoms with Crippen LogP contribution >= 0.6 is 0 Å². The highest BCUT2D eigenvalue weighted by Gasteiger charge is 2.13. The van der Waals surface area contributed by atoms with Gasteiger partial charge >= 0.3 is 0 Å². The van der Waals surface area contributed by atoms with Crippen LogP contribution in [-0.2, 0) is 10.0 Å². The van der Waals surface area contributed by atoms with E-state index in [1.54, 1.807) is 25.1 Å². The van der Waals surface area contributed by atoms with Crippen molar-refractivity contribution in [1.29, 1.82) is 0 Å². The summed E-state index contributed by atoms with van der Waals surface area (Å²) < 4.78 is 27.1. The largest absolute Gasteiger partial charge is 0.472 e. The minimum atomic E-state index is -3.70. The topological polar surface area (TPSA) is 102 Å². The molecule has 0 spiro atoms. The monoisotopic (exact) mass is 294 g/mol. The van der Waals surface area contributed by atoms with Gasteiger partial charge in [0.1, 0.15) is 6.26 Å². The fraction of sp³-hybridized carbons (Fsp3) is 0.154. The molecule has 1 aromatic heterocycles. The van der Waals surface area contributed by atoms with Crippen molar-refractivity contribution < 1.29 is 17.6 Å². The highest BCUT2D eigenvalue weighted by molar-refractivity contribution is 7.89. The van der Waals surface area contributed by atoms with Crippen molar-refractivity contribution in [2.24, 2.45) is 5.14 Å². The minimum Gasteiger partial charge on any atom is -0.472 e. The lowest BCUT2D eigenvalue weighted by atomic mass is 10.1. The van der Waals surface area contributed by atoms with Gasteiger partial charge in [-0.1, -0.05) is 12.1 Å². The number of nitrogens with one attached hydrogen (secondary N) is 1. The predicted octanol–water partition coefficient (Wildman–Crippen LogP) is 1.42. The van der Waals surface area contributed by atoms with Crippen LogP contribution < -0.4 is 10.5 Å². The van der Waals surface area contributed by atoms with E-state index < -0.39 is 10.0 Å². The second-order valence-corrected chi connectivity index (χ2v) is 5.88. The molecular weight excluding hydrogens is 280 g/mol. The molecule has 6 nitrogen and oxygen atoms in total. The van der Waals surface area contributed by atoms with Crippen molar-refractivity contribution in [2.75, 3.05) is 0 Å². The Kier molecular flexibility index (Phi) is 3.91. The number of amides is 1. The number of nitrogens with two attached hydrogens (primary N) is 1. The summed E-state index contributed by atoms with van der Waals surface area (Å²) in [6.45, 7) is 1.80. The van der Waals surface area contributed by atoms with Crippen LogP contribution in [0, 0.1) is 0 Å². The van der Waals surface area contributed by atoms with Crippen LogP contribution in [0.4, 0.5) is 0 Å². The van der Waals surface area contributed by atoms with Gasteiger partial charge in [-0.25, -0.2) is 13.6 Å². The van der Waals surface area contributed by atoms with Crippen LogP contribution in [0.25, 0.3) is 0 Å². The number of benzene rings is 1. The van der Waals surface area contributed by atoms with Crippen LogP contribution in [0.2, 0.25) is 0 Å². The maximum Gasteiger partial charge on any atom is 0.255 e. The third-order valence-electron chi connectivity index (χ3n) is 2.84. The van der Waals surface area contributed by atoms with E-state index in [1.807, 2.05) is 0 Å². The molecule has 0 aliphatic heterocycles. The molecule has 1 atom stereocenters. The van der Waals surface area contributed by atoms with Crippen molar-refractivity contribution in [1.82, 2.24) is 5.32 Å². The molecule has 106 valence electrons. The SMILES string of the molecule is C[C@H](NC(=O)c1ccoc1)c1ccc(S(N)(=O)=O)cc1. The smallest absolute Gasteiger partial charge is 0.255 e. The van der Waals surface area contributed by atoms with E-state index in [0.717, 1.165) is 5.56 Å². The average molecular weight is 294 g/mol. The molecule has 0 aliphatic carbocycles. The van der Waals surface area contributed by atoms with Crippen molar-refractivity contribution in [2.45, 2.75) is 17.9 Å². The van der Waals surface area contributed by atoms with Crippen molar-refractivity contribution in [3.8, 4) is 0 Å². The Morgan fingerprint density at radius 2 is 1.90 bits per heavy atom. The number of hydrogen-bond donors (Lipinski definition) is 2. The van der Waals surface area contributed by atoms with Crippen LogP contribution in [-0.4, -0.2) is 14.3 Å².